The van der Waals surface area contributed by atoms with Crippen LogP contribution in [0.15, 0.2) is 30.9 Å². The van der Waals surface area contributed by atoms with Gasteiger partial charge in [-0.2, -0.15) is 0 Å². The number of benzene rings is 1. The summed E-state index contributed by atoms with van der Waals surface area (Å²) in [4.78, 5) is 15.5. The molecule has 3 aromatic rings. The number of aromatic nitrogens is 4. The molecule has 2 aromatic heterocycles. The van der Waals surface area contributed by atoms with Gasteiger partial charge in [0.1, 0.15) is 19.5 Å². The minimum atomic E-state index is -0.254. The SMILES string of the molecule is CN(Cc1ccc2c(c1)OCCO2)c1ncnc2c1ncn2CC1(CO)COC1. The standard InChI is InChI=1S/C20H23N5O4/c1-24(7-14-2-3-15-16(6-14)29-5-4-28-15)18-17-19(22-12-21-18)25(13-23-17)8-20(9-26)10-27-11-20/h2-3,6,12-13,26H,4-5,7-11H2,1H3. The van der Waals surface area contributed by atoms with E-state index in [2.05, 4.69) is 15.0 Å². The lowest BCUT2D eigenvalue weighted by molar-refractivity contribution is -0.144. The summed E-state index contributed by atoms with van der Waals surface area (Å²) in [6.07, 6.45) is 3.32. The molecule has 9 heteroatoms. The molecule has 0 bridgehead atoms. The molecule has 0 atom stereocenters. The van der Waals surface area contributed by atoms with Crippen LogP contribution in [0.3, 0.4) is 0 Å². The zero-order chi connectivity index (χ0) is 19.8. The second-order valence-electron chi connectivity index (χ2n) is 7.73. The summed E-state index contributed by atoms with van der Waals surface area (Å²) in [6.45, 7) is 3.57. The minimum Gasteiger partial charge on any atom is -0.486 e. The molecule has 0 aliphatic carbocycles. The number of nitrogens with zero attached hydrogens (tertiary/aromatic N) is 5. The maximum atomic E-state index is 9.72. The summed E-state index contributed by atoms with van der Waals surface area (Å²) in [6, 6.07) is 5.98. The molecular formula is C20H23N5O4. The lowest BCUT2D eigenvalue weighted by Crippen LogP contribution is -2.48. The molecule has 0 amide bonds. The third kappa shape index (κ3) is 3.26. The molecule has 0 spiro atoms. The van der Waals surface area contributed by atoms with Gasteiger partial charge in [-0.05, 0) is 17.7 Å². The molecule has 1 saturated heterocycles. The highest BCUT2D eigenvalue weighted by Crippen LogP contribution is 2.33. The van der Waals surface area contributed by atoms with Gasteiger partial charge in [-0.25, -0.2) is 15.0 Å². The van der Waals surface area contributed by atoms with Gasteiger partial charge in [0.25, 0.3) is 0 Å². The maximum absolute atomic E-state index is 9.72. The Kier molecular flexibility index (Phi) is 4.48. The van der Waals surface area contributed by atoms with E-state index in [0.717, 1.165) is 34.0 Å². The van der Waals surface area contributed by atoms with Crippen LogP contribution in [0.4, 0.5) is 5.82 Å². The number of ether oxygens (including phenoxy) is 3. The van der Waals surface area contributed by atoms with Crippen LogP contribution in [-0.2, 0) is 17.8 Å². The van der Waals surface area contributed by atoms with Crippen LogP contribution in [0.25, 0.3) is 11.2 Å². The fourth-order valence-corrected chi connectivity index (χ4v) is 3.78. The van der Waals surface area contributed by atoms with E-state index >= 15 is 0 Å². The molecule has 0 unspecified atom stereocenters. The van der Waals surface area contributed by atoms with E-state index in [4.69, 9.17) is 14.2 Å². The second-order valence-corrected chi connectivity index (χ2v) is 7.73. The van der Waals surface area contributed by atoms with Gasteiger partial charge in [-0.1, -0.05) is 6.07 Å². The molecular weight excluding hydrogens is 374 g/mol. The number of aliphatic hydroxyl groups is 1. The molecule has 1 N–H and O–H groups in total. The van der Waals surface area contributed by atoms with Crippen LogP contribution < -0.4 is 14.4 Å². The van der Waals surface area contributed by atoms with Gasteiger partial charge in [0, 0.05) is 20.1 Å². The van der Waals surface area contributed by atoms with E-state index in [1.807, 2.05) is 34.7 Å². The Balaban J connectivity index is 1.40. The number of anilines is 1. The highest BCUT2D eigenvalue weighted by molar-refractivity contribution is 5.83. The van der Waals surface area contributed by atoms with Crippen LogP contribution in [0, 0.1) is 5.41 Å². The molecule has 5 rings (SSSR count). The molecule has 9 nitrogen and oxygen atoms in total. The lowest BCUT2D eigenvalue weighted by Gasteiger charge is -2.39. The number of hydrogen-bond acceptors (Lipinski definition) is 8. The van der Waals surface area contributed by atoms with Crippen molar-refractivity contribution in [3.05, 3.63) is 36.4 Å². The van der Waals surface area contributed by atoms with E-state index in [-0.39, 0.29) is 12.0 Å². The summed E-state index contributed by atoms with van der Waals surface area (Å²) in [5.41, 5.74) is 2.33. The number of imidazole rings is 1. The van der Waals surface area contributed by atoms with Crippen LogP contribution in [0.2, 0.25) is 0 Å². The van der Waals surface area contributed by atoms with Crippen molar-refractivity contribution in [2.75, 3.05) is 45.0 Å². The zero-order valence-corrected chi connectivity index (χ0v) is 16.2. The molecule has 1 fully saturated rings. The summed E-state index contributed by atoms with van der Waals surface area (Å²) in [7, 11) is 1.98. The first kappa shape index (κ1) is 18.1. The van der Waals surface area contributed by atoms with Crippen molar-refractivity contribution < 1.29 is 19.3 Å². The quantitative estimate of drug-likeness (QED) is 0.664. The van der Waals surface area contributed by atoms with Crippen molar-refractivity contribution in [3.8, 4) is 11.5 Å². The smallest absolute Gasteiger partial charge is 0.165 e. The van der Waals surface area contributed by atoms with Crippen molar-refractivity contribution >= 4 is 17.0 Å². The monoisotopic (exact) mass is 397 g/mol. The van der Waals surface area contributed by atoms with Crippen LogP contribution >= 0.6 is 0 Å². The first-order valence-corrected chi connectivity index (χ1v) is 9.62. The van der Waals surface area contributed by atoms with Gasteiger partial charge in [0.05, 0.1) is 31.6 Å². The first-order valence-electron chi connectivity index (χ1n) is 9.62. The summed E-state index contributed by atoms with van der Waals surface area (Å²) < 4.78 is 18.5. The normalized spacial score (nSPS) is 17.2. The van der Waals surface area contributed by atoms with Gasteiger partial charge in [0.2, 0.25) is 0 Å². The van der Waals surface area contributed by atoms with E-state index in [1.165, 1.54) is 0 Å². The van der Waals surface area contributed by atoms with Gasteiger partial charge in [-0.15, -0.1) is 0 Å². The number of rotatable bonds is 6. The molecule has 152 valence electrons. The van der Waals surface area contributed by atoms with Crippen molar-refractivity contribution in [1.82, 2.24) is 19.5 Å². The van der Waals surface area contributed by atoms with Crippen LogP contribution in [-0.4, -0.2) is 64.7 Å². The Hall–Kier alpha value is -2.91. The van der Waals surface area contributed by atoms with E-state index in [9.17, 15) is 5.11 Å². The topological polar surface area (TPSA) is 94.8 Å². The number of hydrogen-bond donors (Lipinski definition) is 1. The second kappa shape index (κ2) is 7.16. The molecule has 4 heterocycles. The van der Waals surface area contributed by atoms with Crippen molar-refractivity contribution in [1.29, 1.82) is 0 Å². The fourth-order valence-electron chi connectivity index (χ4n) is 3.78. The predicted molar refractivity (Wildman–Crippen MR) is 105 cm³/mol. The number of fused-ring (bicyclic) bond motifs is 2. The van der Waals surface area contributed by atoms with Gasteiger partial charge in [-0.3, -0.25) is 0 Å². The van der Waals surface area contributed by atoms with Gasteiger partial charge >= 0.3 is 0 Å². The maximum Gasteiger partial charge on any atom is 0.165 e. The van der Waals surface area contributed by atoms with Crippen molar-refractivity contribution in [3.63, 3.8) is 0 Å². The Morgan fingerprint density at radius 3 is 2.72 bits per heavy atom. The Labute approximate surface area is 167 Å². The average molecular weight is 397 g/mol. The zero-order valence-electron chi connectivity index (χ0n) is 16.2. The van der Waals surface area contributed by atoms with Crippen LogP contribution in [0.1, 0.15) is 5.56 Å². The van der Waals surface area contributed by atoms with Gasteiger partial charge < -0.3 is 28.8 Å². The van der Waals surface area contributed by atoms with Crippen LogP contribution in [0.5, 0.6) is 11.5 Å². The summed E-state index contributed by atoms with van der Waals surface area (Å²) >= 11 is 0. The molecule has 1 aromatic carbocycles. The molecule has 2 aliphatic heterocycles. The van der Waals surface area contributed by atoms with E-state index < -0.39 is 0 Å². The van der Waals surface area contributed by atoms with E-state index in [1.54, 1.807) is 12.7 Å². The summed E-state index contributed by atoms with van der Waals surface area (Å²) in [5.74, 6) is 2.31. The average Bonchev–Trinajstić information content (AvgIpc) is 3.13. The highest BCUT2D eigenvalue weighted by atomic mass is 16.6. The first-order chi connectivity index (χ1) is 14.2. The van der Waals surface area contributed by atoms with Crippen molar-refractivity contribution in [2.24, 2.45) is 5.41 Å². The molecule has 0 saturated carbocycles. The largest absolute Gasteiger partial charge is 0.486 e. The molecule has 2 aliphatic rings. The van der Waals surface area contributed by atoms with E-state index in [0.29, 0.717) is 39.5 Å². The Morgan fingerprint density at radius 1 is 1.14 bits per heavy atom. The third-order valence-electron chi connectivity index (χ3n) is 5.43. The fraction of sp³-hybridized carbons (Fsp3) is 0.450. The van der Waals surface area contributed by atoms with Crippen molar-refractivity contribution in [2.45, 2.75) is 13.1 Å². The minimum absolute atomic E-state index is 0.0780. The Morgan fingerprint density at radius 2 is 1.97 bits per heavy atom. The number of aliphatic hydroxyl groups excluding tert-OH is 1. The molecule has 29 heavy (non-hydrogen) atoms. The summed E-state index contributed by atoms with van der Waals surface area (Å²) in [5, 5.41) is 9.72. The molecule has 0 radical (unpaired) electrons. The van der Waals surface area contributed by atoms with Gasteiger partial charge in [0.15, 0.2) is 28.5 Å². The Bertz CT molecular complexity index is 1030. The highest BCUT2D eigenvalue weighted by Gasteiger charge is 2.39. The lowest BCUT2D eigenvalue weighted by atomic mass is 9.87. The predicted octanol–water partition coefficient (Wildman–Crippen LogP) is 1.24. The third-order valence-corrected chi connectivity index (χ3v) is 5.43.